The standard InChI is InChI=1S/C18H14FN3O3S/c19-12-3-5-13(6-4-12)21-16(23)10-25-14-7-1-11(2-8-14)9-15-17(24)22-18(20)26-15/h1-9H,10H2,(H,21,23)(H2,20,22,24)/b15-9-. The van der Waals surface area contributed by atoms with Crippen LogP contribution in [0.3, 0.4) is 0 Å². The normalized spacial score (nSPS) is 15.0. The number of halogens is 1. The second-order valence-corrected chi connectivity index (χ2v) is 6.36. The van der Waals surface area contributed by atoms with Crippen molar-refractivity contribution < 1.29 is 18.7 Å². The average Bonchev–Trinajstić information content (AvgIpc) is 2.93. The number of hydrogen-bond acceptors (Lipinski definition) is 5. The number of amidine groups is 1. The highest BCUT2D eigenvalue weighted by atomic mass is 32.2. The smallest absolute Gasteiger partial charge is 0.264 e. The molecule has 1 saturated heterocycles. The number of hydrogen-bond donors (Lipinski definition) is 3. The molecule has 0 spiro atoms. The van der Waals surface area contributed by atoms with Crippen molar-refractivity contribution >= 4 is 40.5 Å². The minimum Gasteiger partial charge on any atom is -0.484 e. The Morgan fingerprint density at radius 3 is 2.50 bits per heavy atom. The van der Waals surface area contributed by atoms with E-state index in [1.807, 2.05) is 0 Å². The van der Waals surface area contributed by atoms with E-state index in [2.05, 4.69) is 10.6 Å². The lowest BCUT2D eigenvalue weighted by molar-refractivity contribution is -0.118. The predicted molar refractivity (Wildman–Crippen MR) is 98.4 cm³/mol. The van der Waals surface area contributed by atoms with Crippen LogP contribution in [0.15, 0.2) is 53.4 Å². The molecule has 0 aliphatic carbocycles. The molecule has 1 fully saturated rings. The van der Waals surface area contributed by atoms with Crippen molar-refractivity contribution in [3.63, 3.8) is 0 Å². The second kappa shape index (κ2) is 7.83. The van der Waals surface area contributed by atoms with Gasteiger partial charge in [0.05, 0.1) is 4.91 Å². The Hall–Kier alpha value is -3.13. The molecule has 1 aliphatic heterocycles. The molecule has 1 aliphatic rings. The van der Waals surface area contributed by atoms with Crippen LogP contribution < -0.4 is 15.4 Å². The molecule has 0 radical (unpaired) electrons. The Kier molecular flexibility index (Phi) is 5.33. The summed E-state index contributed by atoms with van der Waals surface area (Å²) in [4.78, 5) is 23.8. The van der Waals surface area contributed by atoms with Gasteiger partial charge in [-0.2, -0.15) is 0 Å². The molecule has 0 saturated carbocycles. The molecule has 1 heterocycles. The third-order valence-corrected chi connectivity index (χ3v) is 4.17. The molecule has 0 unspecified atom stereocenters. The van der Waals surface area contributed by atoms with E-state index in [1.54, 1.807) is 30.3 Å². The van der Waals surface area contributed by atoms with Gasteiger partial charge in [-0.25, -0.2) is 4.39 Å². The van der Waals surface area contributed by atoms with Crippen LogP contribution in [-0.2, 0) is 9.59 Å². The number of ether oxygens (including phenoxy) is 1. The number of amides is 2. The van der Waals surface area contributed by atoms with Crippen LogP contribution >= 0.6 is 11.8 Å². The van der Waals surface area contributed by atoms with E-state index < -0.39 is 0 Å². The summed E-state index contributed by atoms with van der Waals surface area (Å²) in [5, 5.41) is 12.5. The van der Waals surface area contributed by atoms with Gasteiger partial charge in [0.2, 0.25) is 0 Å². The molecule has 0 bridgehead atoms. The van der Waals surface area contributed by atoms with Crippen LogP contribution in [0.25, 0.3) is 6.08 Å². The van der Waals surface area contributed by atoms with E-state index in [0.29, 0.717) is 16.3 Å². The van der Waals surface area contributed by atoms with Crippen molar-refractivity contribution in [2.75, 3.05) is 11.9 Å². The number of anilines is 1. The molecule has 26 heavy (non-hydrogen) atoms. The Bertz CT molecular complexity index is 880. The highest BCUT2D eigenvalue weighted by molar-refractivity contribution is 8.18. The monoisotopic (exact) mass is 371 g/mol. The van der Waals surface area contributed by atoms with Crippen LogP contribution in [-0.4, -0.2) is 23.6 Å². The molecule has 2 amide bonds. The van der Waals surface area contributed by atoms with Gasteiger partial charge in [-0.1, -0.05) is 12.1 Å². The van der Waals surface area contributed by atoms with E-state index in [9.17, 15) is 14.0 Å². The SMILES string of the molecule is N=C1NC(=O)/C(=C/c2ccc(OCC(=O)Nc3ccc(F)cc3)cc2)S1. The van der Waals surface area contributed by atoms with Gasteiger partial charge in [0.25, 0.3) is 11.8 Å². The zero-order valence-corrected chi connectivity index (χ0v) is 14.2. The number of thioether (sulfide) groups is 1. The first kappa shape index (κ1) is 17.7. The van der Waals surface area contributed by atoms with Crippen LogP contribution in [0.5, 0.6) is 5.75 Å². The highest BCUT2D eigenvalue weighted by Gasteiger charge is 2.21. The zero-order valence-electron chi connectivity index (χ0n) is 13.4. The maximum absolute atomic E-state index is 12.8. The molecule has 2 aromatic carbocycles. The summed E-state index contributed by atoms with van der Waals surface area (Å²) in [5.74, 6) is -0.532. The molecule has 3 rings (SSSR count). The fraction of sp³-hybridized carbons (Fsp3) is 0.0556. The summed E-state index contributed by atoms with van der Waals surface area (Å²) in [7, 11) is 0. The Balaban J connectivity index is 1.53. The van der Waals surface area contributed by atoms with E-state index in [-0.39, 0.29) is 29.4 Å². The maximum atomic E-state index is 12.8. The first-order chi connectivity index (χ1) is 12.5. The third kappa shape index (κ3) is 4.70. The van der Waals surface area contributed by atoms with Gasteiger partial charge >= 0.3 is 0 Å². The molecule has 3 N–H and O–H groups in total. The molecule has 0 aromatic heterocycles. The number of nitrogens with one attached hydrogen (secondary N) is 3. The van der Waals surface area contributed by atoms with Gasteiger partial charge in [0.15, 0.2) is 11.8 Å². The van der Waals surface area contributed by atoms with Crippen molar-refractivity contribution in [1.82, 2.24) is 5.32 Å². The number of rotatable bonds is 5. The van der Waals surface area contributed by atoms with Crippen LogP contribution in [0.1, 0.15) is 5.56 Å². The van der Waals surface area contributed by atoms with Gasteiger partial charge < -0.3 is 15.4 Å². The first-order valence-electron chi connectivity index (χ1n) is 7.57. The van der Waals surface area contributed by atoms with E-state index >= 15 is 0 Å². The summed E-state index contributed by atoms with van der Waals surface area (Å²) in [5.41, 5.74) is 1.26. The zero-order chi connectivity index (χ0) is 18.5. The van der Waals surface area contributed by atoms with Gasteiger partial charge in [0, 0.05) is 5.69 Å². The number of carbonyl (C=O) groups excluding carboxylic acids is 2. The minimum atomic E-state index is -0.375. The van der Waals surface area contributed by atoms with Crippen molar-refractivity contribution in [2.45, 2.75) is 0 Å². The molecule has 2 aromatic rings. The quantitative estimate of drug-likeness (QED) is 0.705. The summed E-state index contributed by atoms with van der Waals surface area (Å²) in [6.45, 7) is -0.187. The summed E-state index contributed by atoms with van der Waals surface area (Å²) >= 11 is 1.06. The highest BCUT2D eigenvalue weighted by Crippen LogP contribution is 2.25. The Morgan fingerprint density at radius 2 is 1.88 bits per heavy atom. The van der Waals surface area contributed by atoms with Gasteiger partial charge in [-0.3, -0.25) is 15.0 Å². The number of carbonyl (C=O) groups is 2. The summed E-state index contributed by atoms with van der Waals surface area (Å²) < 4.78 is 18.2. The lowest BCUT2D eigenvalue weighted by atomic mass is 10.2. The van der Waals surface area contributed by atoms with Crippen molar-refractivity contribution in [1.29, 1.82) is 5.41 Å². The number of benzene rings is 2. The summed E-state index contributed by atoms with van der Waals surface area (Å²) in [6, 6.07) is 12.3. The Morgan fingerprint density at radius 1 is 1.19 bits per heavy atom. The Labute approximate surface area is 152 Å². The van der Waals surface area contributed by atoms with Crippen LogP contribution in [0, 0.1) is 11.2 Å². The molecule has 0 atom stereocenters. The van der Waals surface area contributed by atoms with Gasteiger partial charge in [-0.05, 0) is 59.8 Å². The van der Waals surface area contributed by atoms with E-state index in [1.165, 1.54) is 24.3 Å². The van der Waals surface area contributed by atoms with Crippen molar-refractivity contribution in [3.8, 4) is 5.75 Å². The van der Waals surface area contributed by atoms with Crippen molar-refractivity contribution in [2.24, 2.45) is 0 Å². The van der Waals surface area contributed by atoms with E-state index in [4.69, 9.17) is 10.1 Å². The second-order valence-electron chi connectivity index (χ2n) is 5.31. The van der Waals surface area contributed by atoms with Gasteiger partial charge in [0.1, 0.15) is 11.6 Å². The fourth-order valence-corrected chi connectivity index (χ4v) is 2.83. The largest absolute Gasteiger partial charge is 0.484 e. The average molecular weight is 371 g/mol. The molecule has 132 valence electrons. The first-order valence-corrected chi connectivity index (χ1v) is 8.39. The third-order valence-electron chi connectivity index (χ3n) is 3.34. The molecule has 8 heteroatoms. The fourth-order valence-electron chi connectivity index (χ4n) is 2.13. The lowest BCUT2D eigenvalue weighted by Crippen LogP contribution is -2.20. The summed E-state index contributed by atoms with van der Waals surface area (Å²) in [6.07, 6.45) is 1.67. The van der Waals surface area contributed by atoms with Gasteiger partial charge in [-0.15, -0.1) is 0 Å². The maximum Gasteiger partial charge on any atom is 0.264 e. The molecular weight excluding hydrogens is 357 g/mol. The predicted octanol–water partition coefficient (Wildman–Crippen LogP) is 2.98. The molecule has 6 nitrogen and oxygen atoms in total. The van der Waals surface area contributed by atoms with Crippen LogP contribution in [0.4, 0.5) is 10.1 Å². The minimum absolute atomic E-state index is 0.105. The van der Waals surface area contributed by atoms with Crippen molar-refractivity contribution in [3.05, 3.63) is 64.8 Å². The molecular formula is C18H14FN3O3S. The van der Waals surface area contributed by atoms with E-state index in [0.717, 1.165) is 17.3 Å². The topological polar surface area (TPSA) is 91.3 Å². The van der Waals surface area contributed by atoms with Crippen LogP contribution in [0.2, 0.25) is 0 Å². The lowest BCUT2D eigenvalue weighted by Gasteiger charge is -2.08.